The Morgan fingerprint density at radius 2 is 1.68 bits per heavy atom. The lowest BCUT2D eigenvalue weighted by Crippen LogP contribution is -2.39. The van der Waals surface area contributed by atoms with Gasteiger partial charge in [-0.05, 0) is 74.1 Å². The van der Waals surface area contributed by atoms with Crippen LogP contribution in [0.25, 0.3) is 10.9 Å². The number of ketones is 1. The molecule has 12 heteroatoms. The molecule has 1 fully saturated rings. The number of hydrogen-bond acceptors (Lipinski definition) is 4. The fourth-order valence-electron chi connectivity index (χ4n) is 4.81. The number of amides is 1. The maximum absolute atomic E-state index is 12.9. The van der Waals surface area contributed by atoms with E-state index in [0.717, 1.165) is 28.6 Å². The largest absolute Gasteiger partial charge is 0.385 e. The minimum Gasteiger partial charge on any atom is -0.385 e. The molecule has 1 aromatic heterocycles. The molecule has 0 atom stereocenters. The van der Waals surface area contributed by atoms with E-state index >= 15 is 0 Å². The molecule has 6 nitrogen and oxygen atoms in total. The number of rotatable bonds is 9. The Kier molecular flexibility index (Phi) is 7.11. The number of fused-ring (bicyclic) bond motifs is 1. The van der Waals surface area contributed by atoms with Gasteiger partial charge in [0.25, 0.3) is 5.91 Å². The highest BCUT2D eigenvalue weighted by atomic mass is 32.5. The Bertz CT molecular complexity index is 1350. The Morgan fingerprint density at radius 1 is 1.03 bits per heavy atom. The summed E-state index contributed by atoms with van der Waals surface area (Å²) in [6.45, 7) is 3.84. The number of nitrogens with zero attached hydrogens (tertiary/aromatic N) is 3. The monoisotopic (exact) mass is 559 g/mol. The van der Waals surface area contributed by atoms with Gasteiger partial charge in [-0.1, -0.05) is 19.4 Å². The number of hydrogen-bond donors (Lipinski definition) is 0. The van der Waals surface area contributed by atoms with E-state index in [1.165, 1.54) is 4.90 Å². The van der Waals surface area contributed by atoms with Crippen molar-refractivity contribution in [3.63, 3.8) is 0 Å². The quantitative estimate of drug-likeness (QED) is 0.159. The molecule has 38 heavy (non-hydrogen) atoms. The molecule has 0 aliphatic carbocycles. The molecule has 2 aromatic carbocycles. The molecule has 0 saturated carbocycles. The summed E-state index contributed by atoms with van der Waals surface area (Å²) in [5.74, 6) is -0.200. The van der Waals surface area contributed by atoms with E-state index in [2.05, 4.69) is 5.10 Å². The summed E-state index contributed by atoms with van der Waals surface area (Å²) in [6.07, 6.45) is 4.31. The number of aryl methyl sites for hydroxylation is 1. The van der Waals surface area contributed by atoms with Gasteiger partial charge in [0.2, 0.25) is 0 Å². The minimum atomic E-state index is -9.77. The van der Waals surface area contributed by atoms with Gasteiger partial charge in [-0.3, -0.25) is 14.3 Å². The summed E-state index contributed by atoms with van der Waals surface area (Å²) in [7, 11) is -8.17. The van der Waals surface area contributed by atoms with Crippen LogP contribution in [0, 0.1) is 12.8 Å². The lowest BCUT2D eigenvalue weighted by Gasteiger charge is -2.40. The van der Waals surface area contributed by atoms with Gasteiger partial charge < -0.3 is 9.64 Å². The third-order valence-electron chi connectivity index (χ3n) is 6.95. The molecule has 1 aliphatic rings. The summed E-state index contributed by atoms with van der Waals surface area (Å²) >= 11 is 0. The average molecular weight is 560 g/mol. The Labute approximate surface area is 217 Å². The topological polar surface area (TPSA) is 64.4 Å². The van der Waals surface area contributed by atoms with E-state index in [9.17, 15) is 29.0 Å². The predicted octanol–water partition coefficient (Wildman–Crippen LogP) is 7.16. The predicted molar refractivity (Wildman–Crippen MR) is 136 cm³/mol. The molecule has 1 aliphatic heterocycles. The van der Waals surface area contributed by atoms with Gasteiger partial charge >= 0.3 is 10.2 Å². The zero-order valence-corrected chi connectivity index (χ0v) is 22.0. The van der Waals surface area contributed by atoms with Gasteiger partial charge in [0.1, 0.15) is 4.90 Å². The maximum Gasteiger partial charge on any atom is 0.310 e. The standard InChI is InChI=1S/C26H30F5N3O3S/c1-18-22(25(35)4-3-15-37-2)9-10-24-23(18)17-34(32-24)16-19-11-13-33(14-12-19)26(36)20-5-7-21(8-6-20)38(27,28,29,30)31/h5-10,17,19H,3-4,11-16H2,1-2H3. The molecule has 0 spiro atoms. The van der Waals surface area contributed by atoms with Crippen LogP contribution in [0.3, 0.4) is 0 Å². The highest BCUT2D eigenvalue weighted by molar-refractivity contribution is 8.45. The van der Waals surface area contributed by atoms with Crippen molar-refractivity contribution in [2.24, 2.45) is 5.92 Å². The Hall–Kier alpha value is -2.99. The van der Waals surface area contributed by atoms with Gasteiger partial charge in [-0.25, -0.2) is 0 Å². The lowest BCUT2D eigenvalue weighted by atomic mass is 9.96. The van der Waals surface area contributed by atoms with Crippen molar-refractivity contribution in [1.29, 1.82) is 0 Å². The van der Waals surface area contributed by atoms with Crippen molar-refractivity contribution in [2.75, 3.05) is 26.8 Å². The molecule has 0 radical (unpaired) electrons. The van der Waals surface area contributed by atoms with Crippen molar-refractivity contribution in [3.8, 4) is 0 Å². The molecule has 3 aromatic rings. The summed E-state index contributed by atoms with van der Waals surface area (Å²) in [5.41, 5.74) is 2.29. The number of methoxy groups -OCH3 is 1. The highest BCUT2D eigenvalue weighted by Crippen LogP contribution is 3.02. The number of benzene rings is 2. The number of ether oxygens (including phenoxy) is 1. The third-order valence-corrected chi connectivity index (χ3v) is 8.12. The number of carbonyl (C=O) groups is 2. The van der Waals surface area contributed by atoms with Crippen LogP contribution in [0.5, 0.6) is 0 Å². The Morgan fingerprint density at radius 3 is 2.29 bits per heavy atom. The molecule has 4 rings (SSSR count). The normalized spacial score (nSPS) is 16.9. The van der Waals surface area contributed by atoms with E-state index in [-0.39, 0.29) is 29.4 Å². The van der Waals surface area contributed by atoms with Crippen molar-refractivity contribution in [3.05, 3.63) is 59.3 Å². The first-order chi connectivity index (χ1) is 17.7. The van der Waals surface area contributed by atoms with Crippen LogP contribution in [0.15, 0.2) is 47.5 Å². The number of Topliss-reactive ketones (excluding diaryl/α,β-unsaturated/α-hetero) is 1. The van der Waals surface area contributed by atoms with Crippen molar-refractivity contribution in [1.82, 2.24) is 14.7 Å². The smallest absolute Gasteiger partial charge is 0.310 e. The number of halogens is 5. The summed E-state index contributed by atoms with van der Waals surface area (Å²) in [6, 6.07) is 5.78. The first kappa shape index (κ1) is 28.0. The highest BCUT2D eigenvalue weighted by Gasteiger charge is 2.65. The molecule has 208 valence electrons. The SMILES string of the molecule is COCCCC(=O)c1ccc2nn(CC3CCN(C(=O)c4ccc(S(F)(F)(F)(F)F)cc4)CC3)cc2c1C. The second-order valence-electron chi connectivity index (χ2n) is 9.77. The van der Waals surface area contributed by atoms with Crippen LogP contribution >= 0.6 is 10.2 Å². The first-order valence-corrected chi connectivity index (χ1v) is 14.2. The molecule has 0 unspecified atom stereocenters. The van der Waals surface area contributed by atoms with Gasteiger partial charge in [0.05, 0.1) is 5.52 Å². The third kappa shape index (κ3) is 6.35. The van der Waals surface area contributed by atoms with Gasteiger partial charge in [0.15, 0.2) is 5.78 Å². The molecule has 0 bridgehead atoms. The number of likely N-dealkylation sites (tertiary alicyclic amines) is 1. The zero-order chi connectivity index (χ0) is 27.8. The zero-order valence-electron chi connectivity index (χ0n) is 21.1. The van der Waals surface area contributed by atoms with Crippen LogP contribution in [0.2, 0.25) is 0 Å². The van der Waals surface area contributed by atoms with Crippen molar-refractivity contribution < 1.29 is 33.8 Å². The van der Waals surface area contributed by atoms with Crippen molar-refractivity contribution in [2.45, 2.75) is 44.0 Å². The van der Waals surface area contributed by atoms with Crippen molar-refractivity contribution >= 4 is 32.8 Å². The van der Waals surface area contributed by atoms with Crippen LogP contribution in [-0.4, -0.2) is 53.2 Å². The van der Waals surface area contributed by atoms with Crippen LogP contribution in [-0.2, 0) is 11.3 Å². The Balaban J connectivity index is 1.37. The van der Waals surface area contributed by atoms with E-state index in [1.807, 2.05) is 23.9 Å². The molecule has 1 amide bonds. The lowest BCUT2D eigenvalue weighted by molar-refractivity contribution is 0.0681. The molecular weight excluding hydrogens is 529 g/mol. The second kappa shape index (κ2) is 9.64. The first-order valence-electron chi connectivity index (χ1n) is 12.3. The summed E-state index contributed by atoms with van der Waals surface area (Å²) < 4.78 is 71.6. The molecule has 2 heterocycles. The van der Waals surface area contributed by atoms with E-state index in [4.69, 9.17) is 4.74 Å². The van der Waals surface area contributed by atoms with Crippen LogP contribution < -0.4 is 0 Å². The average Bonchev–Trinajstić information content (AvgIpc) is 3.26. The van der Waals surface area contributed by atoms with E-state index < -0.39 is 21.0 Å². The second-order valence-corrected chi connectivity index (χ2v) is 12.2. The summed E-state index contributed by atoms with van der Waals surface area (Å²) in [4.78, 5) is 24.8. The van der Waals surface area contributed by atoms with Gasteiger partial charge in [-0.2, -0.15) is 5.10 Å². The number of aromatic nitrogens is 2. The van der Waals surface area contributed by atoms with Crippen LogP contribution in [0.1, 0.15) is 52.0 Å². The van der Waals surface area contributed by atoms with E-state index in [0.29, 0.717) is 57.5 Å². The molecular formula is C26H30F5N3O3S. The fraction of sp³-hybridized carbons (Fsp3) is 0.423. The van der Waals surface area contributed by atoms with E-state index in [1.54, 1.807) is 13.2 Å². The van der Waals surface area contributed by atoms with Gasteiger partial charge in [0, 0.05) is 62.5 Å². The number of carbonyl (C=O) groups excluding carboxylic acids is 2. The van der Waals surface area contributed by atoms with Gasteiger partial charge in [-0.15, -0.1) is 0 Å². The maximum atomic E-state index is 12.9. The fourth-order valence-corrected chi connectivity index (χ4v) is 5.46. The minimum absolute atomic E-state index is 0.0598. The molecule has 1 saturated heterocycles. The number of piperidine rings is 1. The molecule has 0 N–H and O–H groups in total. The van der Waals surface area contributed by atoms with Crippen LogP contribution in [0.4, 0.5) is 19.4 Å². The summed E-state index contributed by atoms with van der Waals surface area (Å²) in [5, 5.41) is 5.55.